The Hall–Kier alpha value is -1.25. The fourth-order valence-electron chi connectivity index (χ4n) is 0.559. The maximum atomic E-state index is 9.50. The predicted molar refractivity (Wildman–Crippen MR) is 42.3 cm³/mol. The van der Waals surface area contributed by atoms with Crippen molar-refractivity contribution in [2.45, 2.75) is 0 Å². The van der Waals surface area contributed by atoms with Gasteiger partial charge in [-0.2, -0.15) is 0 Å². The summed E-state index contributed by atoms with van der Waals surface area (Å²) in [4.78, 5) is 0. The van der Waals surface area contributed by atoms with E-state index >= 15 is 0 Å². The molecule has 0 fully saturated rings. The molecule has 0 bridgehead atoms. The summed E-state index contributed by atoms with van der Waals surface area (Å²) >= 11 is 0. The number of anilines is 2. The topological polar surface area (TPSA) is 52.0 Å². The molecule has 0 heterocycles. The van der Waals surface area contributed by atoms with Gasteiger partial charge in [-0.3, -0.25) is 4.39 Å². The Balaban J connectivity index is 0.000000371. The van der Waals surface area contributed by atoms with E-state index in [4.69, 9.17) is 11.5 Å². The maximum Gasteiger partial charge on any atom is 0.0785 e. The van der Waals surface area contributed by atoms with E-state index in [9.17, 15) is 4.39 Å². The Kier molecular flexibility index (Phi) is 4.04. The van der Waals surface area contributed by atoms with Crippen LogP contribution in [-0.4, -0.2) is 7.18 Å². The van der Waals surface area contributed by atoms with Crippen LogP contribution in [0.2, 0.25) is 0 Å². The number of hydrogen-bond acceptors (Lipinski definition) is 2. The van der Waals surface area contributed by atoms with E-state index in [0.29, 0.717) is 18.6 Å². The minimum Gasteiger partial charge on any atom is -0.399 e. The fourth-order valence-corrected chi connectivity index (χ4v) is 0.559. The van der Waals surface area contributed by atoms with Crippen LogP contribution in [0.15, 0.2) is 24.3 Å². The second-order valence-corrected chi connectivity index (χ2v) is 1.67. The summed E-state index contributed by atoms with van der Waals surface area (Å²) in [7, 11) is 0.500. The quantitative estimate of drug-likeness (QED) is 0.538. The molecule has 0 amide bonds. The molecule has 3 heteroatoms. The number of rotatable bonds is 0. The lowest BCUT2D eigenvalue weighted by molar-refractivity contribution is 0.636. The van der Waals surface area contributed by atoms with E-state index in [1.807, 2.05) is 6.07 Å². The molecule has 0 atom stereocenters. The Bertz CT molecular complexity index is 171. The van der Waals surface area contributed by atoms with E-state index in [-0.39, 0.29) is 0 Å². The van der Waals surface area contributed by atoms with Gasteiger partial charge in [0.15, 0.2) is 0 Å². The normalized spacial score (nSPS) is 7.80. The molecule has 0 unspecified atom stereocenters. The molecule has 1 aromatic carbocycles. The number of hydrogen-bond donors (Lipinski definition) is 2. The van der Waals surface area contributed by atoms with Gasteiger partial charge in [-0.1, -0.05) is 6.07 Å². The Morgan fingerprint density at radius 2 is 1.50 bits per heavy atom. The average Bonchev–Trinajstić information content (AvgIpc) is 1.91. The molecule has 1 aromatic rings. The van der Waals surface area contributed by atoms with Gasteiger partial charge in [-0.05, 0) is 18.2 Å². The first-order valence-corrected chi connectivity index (χ1v) is 2.78. The molecule has 0 aliphatic heterocycles. The van der Waals surface area contributed by atoms with Crippen LogP contribution in [0, 0.1) is 0 Å². The van der Waals surface area contributed by atoms with Gasteiger partial charge in [-0.25, -0.2) is 0 Å². The van der Waals surface area contributed by atoms with E-state index in [0.717, 1.165) is 0 Å². The summed E-state index contributed by atoms with van der Waals surface area (Å²) < 4.78 is 9.50. The number of nitrogens with two attached hydrogens (primary N) is 2. The zero-order chi connectivity index (χ0) is 7.98. The monoisotopic (exact) mass is 142 g/mol. The molecule has 4 N–H and O–H groups in total. The summed E-state index contributed by atoms with van der Waals surface area (Å²) in [6, 6.07) is 7.15. The second-order valence-electron chi connectivity index (χ2n) is 1.67. The van der Waals surface area contributed by atoms with Crippen LogP contribution < -0.4 is 11.5 Å². The molecular weight excluding hydrogens is 131 g/mol. The Morgan fingerprint density at radius 3 is 1.70 bits per heavy atom. The highest BCUT2D eigenvalue weighted by atomic mass is 19.1. The van der Waals surface area contributed by atoms with Crippen LogP contribution in [0.5, 0.6) is 0 Å². The lowest BCUT2D eigenvalue weighted by Crippen LogP contribution is -1.87. The smallest absolute Gasteiger partial charge is 0.0785 e. The molecule has 0 radical (unpaired) electrons. The van der Waals surface area contributed by atoms with Crippen molar-refractivity contribution in [2.75, 3.05) is 18.6 Å². The summed E-state index contributed by atoms with van der Waals surface area (Å²) in [6.07, 6.45) is 0. The lowest BCUT2D eigenvalue weighted by Gasteiger charge is -1.91. The first-order valence-electron chi connectivity index (χ1n) is 2.78. The average molecular weight is 142 g/mol. The van der Waals surface area contributed by atoms with Crippen LogP contribution in [0.1, 0.15) is 0 Å². The predicted octanol–water partition coefficient (Wildman–Crippen LogP) is 1.44. The minimum absolute atomic E-state index is 0.500. The molecule has 0 saturated heterocycles. The second kappa shape index (κ2) is 4.61. The summed E-state index contributed by atoms with van der Waals surface area (Å²) in [5.41, 5.74) is 12.2. The highest BCUT2D eigenvalue weighted by molar-refractivity contribution is 5.50. The van der Waals surface area contributed by atoms with E-state index in [2.05, 4.69) is 0 Å². The Morgan fingerprint density at radius 1 is 1.10 bits per heavy atom. The summed E-state index contributed by atoms with van der Waals surface area (Å²) in [6.45, 7) is 0. The van der Waals surface area contributed by atoms with Crippen molar-refractivity contribution in [1.82, 2.24) is 0 Å². The van der Waals surface area contributed by atoms with Crippen molar-refractivity contribution < 1.29 is 4.39 Å². The van der Waals surface area contributed by atoms with Crippen LogP contribution in [0.25, 0.3) is 0 Å². The van der Waals surface area contributed by atoms with Crippen LogP contribution in [-0.2, 0) is 0 Å². The van der Waals surface area contributed by atoms with E-state index < -0.39 is 0 Å². The van der Waals surface area contributed by atoms with Crippen molar-refractivity contribution in [3.05, 3.63) is 24.3 Å². The third-order valence-electron chi connectivity index (χ3n) is 0.911. The highest BCUT2D eigenvalue weighted by Crippen LogP contribution is 2.06. The standard InChI is InChI=1S/C6H8N2.CH3F/c7-5-2-1-3-6(8)4-5;1-2/h1-4H,7-8H2;1H3. The molecule has 10 heavy (non-hydrogen) atoms. The molecule has 0 aromatic heterocycles. The molecular formula is C7H11FN2. The lowest BCUT2D eigenvalue weighted by atomic mass is 10.3. The van der Waals surface area contributed by atoms with Gasteiger partial charge in [0, 0.05) is 11.4 Å². The Labute approximate surface area is 59.6 Å². The fraction of sp³-hybridized carbons (Fsp3) is 0.143. The van der Waals surface area contributed by atoms with Crippen molar-refractivity contribution in [2.24, 2.45) is 0 Å². The SMILES string of the molecule is CF.Nc1cccc(N)c1. The van der Waals surface area contributed by atoms with Crippen molar-refractivity contribution in [3.63, 3.8) is 0 Å². The summed E-state index contributed by atoms with van der Waals surface area (Å²) in [5.74, 6) is 0. The van der Waals surface area contributed by atoms with Gasteiger partial charge in [0.25, 0.3) is 0 Å². The van der Waals surface area contributed by atoms with Gasteiger partial charge in [0.05, 0.1) is 7.18 Å². The first-order chi connectivity index (χ1) is 4.79. The molecule has 0 aliphatic carbocycles. The number of halogens is 1. The molecule has 56 valence electrons. The van der Waals surface area contributed by atoms with Crippen LogP contribution in [0.4, 0.5) is 15.8 Å². The van der Waals surface area contributed by atoms with Gasteiger partial charge >= 0.3 is 0 Å². The molecule has 2 nitrogen and oxygen atoms in total. The van der Waals surface area contributed by atoms with Crippen LogP contribution in [0.3, 0.4) is 0 Å². The van der Waals surface area contributed by atoms with Gasteiger partial charge in [0.2, 0.25) is 0 Å². The minimum atomic E-state index is 0.500. The first kappa shape index (κ1) is 8.75. The van der Waals surface area contributed by atoms with Crippen molar-refractivity contribution in [1.29, 1.82) is 0 Å². The number of nitrogen functional groups attached to an aromatic ring is 2. The highest BCUT2D eigenvalue weighted by Gasteiger charge is 1.81. The third-order valence-corrected chi connectivity index (χ3v) is 0.911. The maximum absolute atomic E-state index is 9.50. The van der Waals surface area contributed by atoms with Crippen molar-refractivity contribution >= 4 is 11.4 Å². The number of alkyl halides is 1. The molecule has 0 saturated carbocycles. The largest absolute Gasteiger partial charge is 0.399 e. The van der Waals surface area contributed by atoms with E-state index in [1.165, 1.54) is 0 Å². The zero-order valence-electron chi connectivity index (χ0n) is 5.84. The number of benzene rings is 1. The van der Waals surface area contributed by atoms with Gasteiger partial charge in [0.1, 0.15) is 0 Å². The molecule has 0 spiro atoms. The zero-order valence-corrected chi connectivity index (χ0v) is 5.84. The van der Waals surface area contributed by atoms with Crippen molar-refractivity contribution in [3.8, 4) is 0 Å². The molecule has 1 rings (SSSR count). The van der Waals surface area contributed by atoms with Gasteiger partial charge < -0.3 is 11.5 Å². The third kappa shape index (κ3) is 2.91. The molecule has 0 aliphatic rings. The van der Waals surface area contributed by atoms with Gasteiger partial charge in [-0.15, -0.1) is 0 Å². The van der Waals surface area contributed by atoms with Crippen LogP contribution >= 0.6 is 0 Å². The van der Waals surface area contributed by atoms with E-state index in [1.54, 1.807) is 18.2 Å². The summed E-state index contributed by atoms with van der Waals surface area (Å²) in [5, 5.41) is 0.